The molecule has 6 heteroatoms. The van der Waals surface area contributed by atoms with E-state index in [9.17, 15) is 13.2 Å². The Morgan fingerprint density at radius 3 is 2.32 bits per heavy atom. The molecule has 0 unspecified atom stereocenters. The highest BCUT2D eigenvalue weighted by Gasteiger charge is 2.23. The summed E-state index contributed by atoms with van der Waals surface area (Å²) >= 11 is 0. The van der Waals surface area contributed by atoms with E-state index in [0.717, 1.165) is 12.0 Å². The molecule has 2 aromatic rings. The molecule has 5 nitrogen and oxygen atoms in total. The predicted octanol–water partition coefficient (Wildman–Crippen LogP) is 3.70. The van der Waals surface area contributed by atoms with Crippen LogP contribution in [0.4, 0.5) is 5.69 Å². The maximum atomic E-state index is 12.6. The van der Waals surface area contributed by atoms with Crippen molar-refractivity contribution in [1.82, 2.24) is 0 Å². The summed E-state index contributed by atoms with van der Waals surface area (Å²) in [4.78, 5) is 13.5. The zero-order chi connectivity index (χ0) is 18.0. The van der Waals surface area contributed by atoms with Crippen molar-refractivity contribution >= 4 is 21.7 Å². The van der Waals surface area contributed by atoms with Crippen LogP contribution >= 0.6 is 0 Å². The van der Waals surface area contributed by atoms with Crippen LogP contribution in [-0.4, -0.2) is 20.9 Å². The zero-order valence-corrected chi connectivity index (χ0v) is 15.1. The van der Waals surface area contributed by atoms with E-state index in [1.165, 1.54) is 12.1 Å². The molecule has 0 atom stereocenters. The Labute approximate surface area is 148 Å². The van der Waals surface area contributed by atoms with E-state index in [2.05, 4.69) is 0 Å². The van der Waals surface area contributed by atoms with E-state index in [1.54, 1.807) is 29.2 Å². The molecule has 1 aliphatic rings. The van der Waals surface area contributed by atoms with Crippen LogP contribution < -0.4 is 9.08 Å². The van der Waals surface area contributed by atoms with E-state index in [1.807, 2.05) is 26.0 Å². The fraction of sp³-hybridized carbons (Fsp3) is 0.316. The molecule has 25 heavy (non-hydrogen) atoms. The van der Waals surface area contributed by atoms with Crippen molar-refractivity contribution in [2.24, 2.45) is 0 Å². The Morgan fingerprint density at radius 2 is 1.72 bits per heavy atom. The van der Waals surface area contributed by atoms with E-state index in [4.69, 9.17) is 4.18 Å². The molecule has 1 saturated heterocycles. The summed E-state index contributed by atoms with van der Waals surface area (Å²) in [6.45, 7) is 4.64. The number of hydrogen-bond acceptors (Lipinski definition) is 4. The molecule has 1 fully saturated rings. The van der Waals surface area contributed by atoms with Gasteiger partial charge in [0.15, 0.2) is 0 Å². The number of benzene rings is 2. The van der Waals surface area contributed by atoms with E-state index < -0.39 is 10.1 Å². The first-order valence-electron chi connectivity index (χ1n) is 8.32. The standard InChI is InChI=1S/C19H21NO4S/c1-14(2)17-6-3-4-7-18(17)24-25(22,23)16-11-9-15(10-12-16)20-13-5-8-19(20)21/h3-4,6-7,9-12,14H,5,8,13H2,1-2H3. The lowest BCUT2D eigenvalue weighted by Gasteiger charge is -2.16. The molecular formula is C19H21NO4S. The van der Waals surface area contributed by atoms with Crippen LogP contribution in [0.3, 0.4) is 0 Å². The van der Waals surface area contributed by atoms with Gasteiger partial charge in [0.05, 0.1) is 0 Å². The van der Waals surface area contributed by atoms with Crippen LogP contribution in [0, 0.1) is 0 Å². The number of nitrogens with zero attached hydrogens (tertiary/aromatic N) is 1. The van der Waals surface area contributed by atoms with Gasteiger partial charge in [-0.25, -0.2) is 0 Å². The molecule has 0 saturated carbocycles. The fourth-order valence-corrected chi connectivity index (χ4v) is 3.87. The average Bonchev–Trinajstić information content (AvgIpc) is 3.01. The van der Waals surface area contributed by atoms with Crippen LogP contribution in [0.25, 0.3) is 0 Å². The Bertz CT molecular complexity index is 873. The molecule has 1 amide bonds. The minimum absolute atomic E-state index is 0.0673. The summed E-state index contributed by atoms with van der Waals surface area (Å²) in [6, 6.07) is 13.4. The number of rotatable bonds is 5. The molecule has 1 aliphatic heterocycles. The van der Waals surface area contributed by atoms with Crippen molar-refractivity contribution in [2.75, 3.05) is 11.4 Å². The third-order valence-electron chi connectivity index (χ3n) is 4.25. The first kappa shape index (κ1) is 17.5. The minimum Gasteiger partial charge on any atom is -0.379 e. The van der Waals surface area contributed by atoms with Gasteiger partial charge in [-0.2, -0.15) is 8.42 Å². The number of para-hydroxylation sites is 1. The Kier molecular flexibility index (Phi) is 4.81. The van der Waals surface area contributed by atoms with E-state index >= 15 is 0 Å². The molecule has 0 aliphatic carbocycles. The smallest absolute Gasteiger partial charge is 0.339 e. The maximum absolute atomic E-state index is 12.6. The summed E-state index contributed by atoms with van der Waals surface area (Å²) < 4.78 is 30.5. The van der Waals surface area contributed by atoms with Crippen molar-refractivity contribution in [1.29, 1.82) is 0 Å². The second-order valence-electron chi connectivity index (χ2n) is 6.37. The fourth-order valence-electron chi connectivity index (χ4n) is 2.91. The van der Waals surface area contributed by atoms with Crippen LogP contribution in [0.15, 0.2) is 53.4 Å². The monoisotopic (exact) mass is 359 g/mol. The molecule has 1 heterocycles. The zero-order valence-electron chi connectivity index (χ0n) is 14.3. The van der Waals surface area contributed by atoms with Crippen molar-refractivity contribution < 1.29 is 17.4 Å². The number of anilines is 1. The lowest BCUT2D eigenvalue weighted by molar-refractivity contribution is -0.117. The lowest BCUT2D eigenvalue weighted by Crippen LogP contribution is -2.23. The molecule has 2 aromatic carbocycles. The van der Waals surface area contributed by atoms with Crippen LogP contribution in [0.5, 0.6) is 5.75 Å². The van der Waals surface area contributed by atoms with E-state index in [-0.39, 0.29) is 16.7 Å². The quantitative estimate of drug-likeness (QED) is 0.764. The second kappa shape index (κ2) is 6.88. The Hall–Kier alpha value is -2.34. The van der Waals surface area contributed by atoms with Crippen molar-refractivity contribution in [3.05, 3.63) is 54.1 Å². The summed E-state index contributed by atoms with van der Waals surface area (Å²) in [6.07, 6.45) is 1.36. The number of carbonyl (C=O) groups is 1. The first-order chi connectivity index (χ1) is 11.9. The van der Waals surface area contributed by atoms with Gasteiger partial charge in [-0.3, -0.25) is 4.79 Å². The third-order valence-corrected chi connectivity index (χ3v) is 5.50. The van der Waals surface area contributed by atoms with Gasteiger partial charge < -0.3 is 9.08 Å². The molecule has 0 N–H and O–H groups in total. The molecule has 0 aromatic heterocycles. The van der Waals surface area contributed by atoms with Gasteiger partial charge in [0.1, 0.15) is 10.6 Å². The van der Waals surface area contributed by atoms with Gasteiger partial charge in [-0.15, -0.1) is 0 Å². The maximum Gasteiger partial charge on any atom is 0.339 e. The third kappa shape index (κ3) is 3.69. The average molecular weight is 359 g/mol. The Balaban J connectivity index is 1.84. The van der Waals surface area contributed by atoms with Gasteiger partial charge in [0.25, 0.3) is 0 Å². The van der Waals surface area contributed by atoms with Gasteiger partial charge in [-0.05, 0) is 48.2 Å². The van der Waals surface area contributed by atoms with Crippen LogP contribution in [-0.2, 0) is 14.9 Å². The van der Waals surface area contributed by atoms with Gasteiger partial charge >= 0.3 is 10.1 Å². The first-order valence-corrected chi connectivity index (χ1v) is 9.73. The summed E-state index contributed by atoms with van der Waals surface area (Å²) in [5.74, 6) is 0.559. The van der Waals surface area contributed by atoms with Crippen molar-refractivity contribution in [3.8, 4) is 5.75 Å². The van der Waals surface area contributed by atoms with Crippen LogP contribution in [0.2, 0.25) is 0 Å². The van der Waals surface area contributed by atoms with Crippen molar-refractivity contribution in [2.45, 2.75) is 37.5 Å². The van der Waals surface area contributed by atoms with Gasteiger partial charge in [0.2, 0.25) is 5.91 Å². The highest BCUT2D eigenvalue weighted by atomic mass is 32.2. The minimum atomic E-state index is -3.93. The van der Waals surface area contributed by atoms with E-state index in [0.29, 0.717) is 24.4 Å². The largest absolute Gasteiger partial charge is 0.379 e. The SMILES string of the molecule is CC(C)c1ccccc1OS(=O)(=O)c1ccc(N2CCCC2=O)cc1. The number of hydrogen-bond donors (Lipinski definition) is 0. The highest BCUT2D eigenvalue weighted by molar-refractivity contribution is 7.87. The van der Waals surface area contributed by atoms with Gasteiger partial charge in [-0.1, -0.05) is 32.0 Å². The van der Waals surface area contributed by atoms with Crippen molar-refractivity contribution in [3.63, 3.8) is 0 Å². The predicted molar refractivity (Wildman–Crippen MR) is 96.4 cm³/mol. The number of carbonyl (C=O) groups excluding carboxylic acids is 1. The molecule has 0 spiro atoms. The summed E-state index contributed by atoms with van der Waals surface area (Å²) in [5.41, 5.74) is 1.55. The summed E-state index contributed by atoms with van der Waals surface area (Å²) in [7, 11) is -3.93. The highest BCUT2D eigenvalue weighted by Crippen LogP contribution is 2.29. The second-order valence-corrected chi connectivity index (χ2v) is 7.92. The molecular weight excluding hydrogens is 338 g/mol. The molecule has 132 valence electrons. The Morgan fingerprint density at radius 1 is 1.04 bits per heavy atom. The topological polar surface area (TPSA) is 63.7 Å². The summed E-state index contributed by atoms with van der Waals surface area (Å²) in [5, 5.41) is 0. The normalized spacial score (nSPS) is 15.0. The molecule has 0 radical (unpaired) electrons. The molecule has 3 rings (SSSR count). The van der Waals surface area contributed by atoms with Crippen LogP contribution in [0.1, 0.15) is 38.2 Å². The molecule has 0 bridgehead atoms. The lowest BCUT2D eigenvalue weighted by atomic mass is 10.0. The van der Waals surface area contributed by atoms with Gasteiger partial charge in [0, 0.05) is 18.7 Å². The number of amides is 1.